The third kappa shape index (κ3) is 5.36. The highest BCUT2D eigenvalue weighted by molar-refractivity contribution is 7.17. The molecule has 0 spiro atoms. The number of aromatic nitrogens is 1. The van der Waals surface area contributed by atoms with Crippen LogP contribution in [0.4, 0.5) is 5.13 Å². The van der Waals surface area contributed by atoms with Gasteiger partial charge in [-0.3, -0.25) is 9.59 Å². The number of thiophene rings is 1. The van der Waals surface area contributed by atoms with Crippen molar-refractivity contribution in [3.8, 4) is 0 Å². The zero-order valence-electron chi connectivity index (χ0n) is 14.1. The first-order valence-electron chi connectivity index (χ1n) is 7.65. The van der Waals surface area contributed by atoms with Gasteiger partial charge < -0.3 is 15.4 Å². The van der Waals surface area contributed by atoms with Gasteiger partial charge in [0.05, 0.1) is 24.8 Å². The van der Waals surface area contributed by atoms with E-state index in [1.54, 1.807) is 13.8 Å². The Kier molecular flexibility index (Phi) is 6.65. The number of thiazole rings is 1. The van der Waals surface area contributed by atoms with E-state index in [0.29, 0.717) is 15.7 Å². The van der Waals surface area contributed by atoms with Gasteiger partial charge in [-0.15, -0.1) is 11.3 Å². The Bertz CT molecular complexity index is 756. The molecule has 0 saturated heterocycles. The van der Waals surface area contributed by atoms with E-state index in [-0.39, 0.29) is 24.8 Å². The number of aryl methyl sites for hydroxylation is 1. The molecule has 2 amide bonds. The smallest absolute Gasteiger partial charge is 0.350 e. The van der Waals surface area contributed by atoms with Crippen molar-refractivity contribution >= 4 is 45.6 Å². The van der Waals surface area contributed by atoms with Crippen molar-refractivity contribution in [2.24, 2.45) is 0 Å². The van der Waals surface area contributed by atoms with Crippen LogP contribution in [0.5, 0.6) is 0 Å². The first-order valence-corrected chi connectivity index (χ1v) is 9.35. The maximum atomic E-state index is 12.3. The number of carbonyl (C=O) groups excluding carboxylic acids is 3. The number of nitrogens with one attached hydrogen (secondary N) is 2. The summed E-state index contributed by atoms with van der Waals surface area (Å²) < 4.78 is 4.96. The Morgan fingerprint density at radius 3 is 2.72 bits per heavy atom. The van der Waals surface area contributed by atoms with Crippen LogP contribution in [0.1, 0.15) is 46.6 Å². The quantitative estimate of drug-likeness (QED) is 0.719. The standard InChI is InChI=1S/C16H19N3O4S2/c1-4-23-15(22)14-9(2)17-16(25-14)19-13(21)8-11(18-10(3)20)12-6-5-7-24-12/h5-7,11H,4,8H2,1-3H3,(H,18,20)(H,17,19,21)/t11-/m1/s1. The van der Waals surface area contributed by atoms with Crippen LogP contribution in [0.25, 0.3) is 0 Å². The van der Waals surface area contributed by atoms with Gasteiger partial charge in [0, 0.05) is 11.8 Å². The fraction of sp³-hybridized carbons (Fsp3) is 0.375. The van der Waals surface area contributed by atoms with E-state index in [4.69, 9.17) is 4.74 Å². The van der Waals surface area contributed by atoms with Crippen LogP contribution in [0.2, 0.25) is 0 Å². The SMILES string of the molecule is CCOC(=O)c1sc(NC(=O)C[C@@H](NC(C)=O)c2cccs2)nc1C. The Balaban J connectivity index is 2.04. The van der Waals surface area contributed by atoms with Gasteiger partial charge in [-0.25, -0.2) is 9.78 Å². The van der Waals surface area contributed by atoms with Gasteiger partial charge in [0.1, 0.15) is 4.88 Å². The molecule has 0 saturated carbocycles. The molecule has 0 radical (unpaired) electrons. The molecule has 2 heterocycles. The fourth-order valence-corrected chi connectivity index (χ4v) is 3.80. The van der Waals surface area contributed by atoms with E-state index in [9.17, 15) is 14.4 Å². The molecule has 7 nitrogen and oxygen atoms in total. The van der Waals surface area contributed by atoms with Gasteiger partial charge in [0.2, 0.25) is 11.8 Å². The van der Waals surface area contributed by atoms with Crippen molar-refractivity contribution in [2.45, 2.75) is 33.2 Å². The highest BCUT2D eigenvalue weighted by atomic mass is 32.1. The maximum Gasteiger partial charge on any atom is 0.350 e. The van der Waals surface area contributed by atoms with Gasteiger partial charge >= 0.3 is 5.97 Å². The number of esters is 1. The Morgan fingerprint density at radius 1 is 1.36 bits per heavy atom. The van der Waals surface area contributed by atoms with E-state index in [1.165, 1.54) is 18.3 Å². The highest BCUT2D eigenvalue weighted by Gasteiger charge is 2.21. The van der Waals surface area contributed by atoms with Crippen molar-refractivity contribution in [3.05, 3.63) is 33.0 Å². The summed E-state index contributed by atoms with van der Waals surface area (Å²) in [6.45, 7) is 5.10. The molecule has 0 aliphatic rings. The molecule has 2 aromatic heterocycles. The molecule has 0 aliphatic carbocycles. The summed E-state index contributed by atoms with van der Waals surface area (Å²) in [6, 6.07) is 3.33. The summed E-state index contributed by atoms with van der Waals surface area (Å²) in [5.74, 6) is -0.954. The Morgan fingerprint density at radius 2 is 2.12 bits per heavy atom. The maximum absolute atomic E-state index is 12.3. The molecule has 0 aliphatic heterocycles. The molecule has 0 bridgehead atoms. The predicted octanol–water partition coefficient (Wildman–Crippen LogP) is 2.90. The van der Waals surface area contributed by atoms with E-state index in [1.807, 2.05) is 17.5 Å². The number of rotatable bonds is 7. The molecule has 2 aromatic rings. The zero-order valence-corrected chi connectivity index (χ0v) is 15.8. The first kappa shape index (κ1) is 19.1. The monoisotopic (exact) mass is 381 g/mol. The second kappa shape index (κ2) is 8.72. The molecular weight excluding hydrogens is 362 g/mol. The minimum absolute atomic E-state index is 0.0768. The molecule has 0 unspecified atom stereocenters. The lowest BCUT2D eigenvalue weighted by Gasteiger charge is -2.15. The van der Waals surface area contributed by atoms with Gasteiger partial charge in [0.25, 0.3) is 0 Å². The molecule has 134 valence electrons. The van der Waals surface area contributed by atoms with Gasteiger partial charge in [-0.1, -0.05) is 17.4 Å². The van der Waals surface area contributed by atoms with E-state index in [2.05, 4.69) is 15.6 Å². The summed E-state index contributed by atoms with van der Waals surface area (Å²) in [4.78, 5) is 40.9. The number of nitrogens with zero attached hydrogens (tertiary/aromatic N) is 1. The lowest BCUT2D eigenvalue weighted by atomic mass is 10.1. The van der Waals surface area contributed by atoms with E-state index >= 15 is 0 Å². The molecular formula is C16H19N3O4S2. The number of carbonyl (C=O) groups is 3. The summed E-state index contributed by atoms with van der Waals surface area (Å²) in [5.41, 5.74) is 0.510. The number of amides is 2. The number of ether oxygens (including phenoxy) is 1. The van der Waals surface area contributed by atoms with Crippen molar-refractivity contribution in [1.82, 2.24) is 10.3 Å². The third-order valence-electron chi connectivity index (χ3n) is 3.16. The van der Waals surface area contributed by atoms with Crippen LogP contribution in [0.3, 0.4) is 0 Å². The van der Waals surface area contributed by atoms with Crippen LogP contribution >= 0.6 is 22.7 Å². The average Bonchev–Trinajstić information content (AvgIpc) is 3.16. The number of hydrogen-bond donors (Lipinski definition) is 2. The third-order valence-corrected chi connectivity index (χ3v) is 5.20. The van der Waals surface area contributed by atoms with Gasteiger partial charge in [-0.05, 0) is 25.3 Å². The lowest BCUT2D eigenvalue weighted by Crippen LogP contribution is -2.29. The summed E-state index contributed by atoms with van der Waals surface area (Å²) in [6.07, 6.45) is 0.0768. The molecule has 1 atom stereocenters. The molecule has 2 rings (SSSR count). The highest BCUT2D eigenvalue weighted by Crippen LogP contribution is 2.26. The first-order chi connectivity index (χ1) is 11.9. The zero-order chi connectivity index (χ0) is 18.4. The van der Waals surface area contributed by atoms with Crippen molar-refractivity contribution in [2.75, 3.05) is 11.9 Å². The fourth-order valence-electron chi connectivity index (χ4n) is 2.15. The summed E-state index contributed by atoms with van der Waals surface area (Å²) in [5, 5.41) is 7.67. The van der Waals surface area contributed by atoms with E-state index in [0.717, 1.165) is 16.2 Å². The second-order valence-corrected chi connectivity index (χ2v) is 7.15. The Labute approximate surface area is 153 Å². The van der Waals surface area contributed by atoms with Crippen molar-refractivity contribution in [3.63, 3.8) is 0 Å². The number of hydrogen-bond acceptors (Lipinski definition) is 7. The van der Waals surface area contributed by atoms with Crippen LogP contribution in [-0.4, -0.2) is 29.4 Å². The molecule has 0 aromatic carbocycles. The molecule has 0 fully saturated rings. The predicted molar refractivity (Wildman–Crippen MR) is 96.9 cm³/mol. The van der Waals surface area contributed by atoms with Crippen molar-refractivity contribution < 1.29 is 19.1 Å². The second-order valence-electron chi connectivity index (χ2n) is 5.17. The summed E-state index contributed by atoms with van der Waals surface area (Å²) in [7, 11) is 0. The molecule has 9 heteroatoms. The average molecular weight is 381 g/mol. The lowest BCUT2D eigenvalue weighted by molar-refractivity contribution is -0.120. The van der Waals surface area contributed by atoms with Crippen LogP contribution in [-0.2, 0) is 14.3 Å². The molecule has 25 heavy (non-hydrogen) atoms. The minimum atomic E-state index is -0.451. The van der Waals surface area contributed by atoms with Crippen molar-refractivity contribution in [1.29, 1.82) is 0 Å². The van der Waals surface area contributed by atoms with Crippen LogP contribution in [0, 0.1) is 6.92 Å². The molecule has 2 N–H and O–H groups in total. The van der Waals surface area contributed by atoms with Gasteiger partial charge in [-0.2, -0.15) is 0 Å². The minimum Gasteiger partial charge on any atom is -0.462 e. The topological polar surface area (TPSA) is 97.4 Å². The van der Waals surface area contributed by atoms with E-state index < -0.39 is 12.0 Å². The number of anilines is 1. The normalized spacial score (nSPS) is 11.6. The largest absolute Gasteiger partial charge is 0.462 e. The van der Waals surface area contributed by atoms with Crippen LogP contribution in [0.15, 0.2) is 17.5 Å². The summed E-state index contributed by atoms with van der Waals surface area (Å²) >= 11 is 2.54. The van der Waals surface area contributed by atoms with Gasteiger partial charge in [0.15, 0.2) is 5.13 Å². The van der Waals surface area contributed by atoms with Crippen LogP contribution < -0.4 is 10.6 Å². The Hall–Kier alpha value is -2.26.